The maximum absolute atomic E-state index is 12.2. The Kier molecular flexibility index (Phi) is 2.40. The molecule has 2 aliphatic rings. The predicted molar refractivity (Wildman–Crippen MR) is 58.7 cm³/mol. The van der Waals surface area contributed by atoms with Crippen molar-refractivity contribution in [3.63, 3.8) is 0 Å². The molecule has 0 saturated carbocycles. The first kappa shape index (κ1) is 9.84. The number of hydrogen-bond donors (Lipinski definition) is 1. The second-order valence-corrected chi connectivity index (χ2v) is 4.45. The third-order valence-electron chi connectivity index (χ3n) is 3.41. The summed E-state index contributed by atoms with van der Waals surface area (Å²) in [5, 5.41) is 3.25. The minimum Gasteiger partial charge on any atom is -0.332 e. The van der Waals surface area contributed by atoms with E-state index in [9.17, 15) is 4.79 Å². The maximum Gasteiger partial charge on any atom is 0.240 e. The van der Waals surface area contributed by atoms with Gasteiger partial charge < -0.3 is 14.8 Å². The Labute approximate surface area is 94.4 Å². The highest BCUT2D eigenvalue weighted by Crippen LogP contribution is 2.14. The third-order valence-corrected chi connectivity index (χ3v) is 3.41. The molecule has 0 unspecified atom stereocenters. The highest BCUT2D eigenvalue weighted by molar-refractivity contribution is 5.82. The lowest BCUT2D eigenvalue weighted by molar-refractivity contribution is -0.134. The quantitative estimate of drug-likeness (QED) is 0.723. The van der Waals surface area contributed by atoms with Gasteiger partial charge in [-0.15, -0.1) is 0 Å². The zero-order valence-corrected chi connectivity index (χ0v) is 9.22. The normalized spacial score (nSPS) is 24.5. The molecule has 1 fully saturated rings. The topological polar surface area (TPSA) is 50.2 Å². The number of hydrogen-bond acceptors (Lipinski definition) is 3. The Hall–Kier alpha value is -1.36. The number of nitrogens with one attached hydrogen (secondary N) is 1. The van der Waals surface area contributed by atoms with Gasteiger partial charge in [-0.3, -0.25) is 4.79 Å². The summed E-state index contributed by atoms with van der Waals surface area (Å²) in [5.74, 6) is 1.24. The van der Waals surface area contributed by atoms with Gasteiger partial charge in [0.05, 0.1) is 12.6 Å². The van der Waals surface area contributed by atoms with Crippen molar-refractivity contribution in [2.45, 2.75) is 32.0 Å². The molecule has 0 bridgehead atoms. The van der Waals surface area contributed by atoms with Gasteiger partial charge in [0.15, 0.2) is 0 Å². The van der Waals surface area contributed by atoms with Crippen molar-refractivity contribution in [1.29, 1.82) is 0 Å². The number of aromatic nitrogens is 2. The first-order valence-corrected chi connectivity index (χ1v) is 5.87. The van der Waals surface area contributed by atoms with Crippen LogP contribution in [0, 0.1) is 0 Å². The van der Waals surface area contributed by atoms with Crippen LogP contribution in [0.2, 0.25) is 0 Å². The third kappa shape index (κ3) is 1.61. The molecule has 1 atom stereocenters. The lowest BCUT2D eigenvalue weighted by atomic mass is 10.2. The first-order valence-electron chi connectivity index (χ1n) is 5.87. The molecule has 1 aromatic heterocycles. The SMILES string of the molecule is O=C([C@H]1CCCN1)N1CCn2ccnc2C1. The van der Waals surface area contributed by atoms with Gasteiger partial charge in [-0.05, 0) is 19.4 Å². The highest BCUT2D eigenvalue weighted by atomic mass is 16.2. The number of nitrogens with zero attached hydrogens (tertiary/aromatic N) is 3. The zero-order chi connectivity index (χ0) is 11.0. The number of imidazole rings is 1. The summed E-state index contributed by atoms with van der Waals surface area (Å²) < 4.78 is 2.12. The van der Waals surface area contributed by atoms with Crippen molar-refractivity contribution in [2.75, 3.05) is 13.1 Å². The van der Waals surface area contributed by atoms with Gasteiger partial charge in [-0.1, -0.05) is 0 Å². The monoisotopic (exact) mass is 220 g/mol. The Bertz CT molecular complexity index is 394. The second kappa shape index (κ2) is 3.90. The van der Waals surface area contributed by atoms with E-state index in [-0.39, 0.29) is 11.9 Å². The van der Waals surface area contributed by atoms with Crippen molar-refractivity contribution in [3.05, 3.63) is 18.2 Å². The van der Waals surface area contributed by atoms with Crippen LogP contribution >= 0.6 is 0 Å². The molecule has 86 valence electrons. The minimum absolute atomic E-state index is 0.0431. The lowest BCUT2D eigenvalue weighted by Crippen LogP contribution is -2.46. The predicted octanol–water partition coefficient (Wildman–Crippen LogP) is -0.0227. The summed E-state index contributed by atoms with van der Waals surface area (Å²) in [4.78, 5) is 18.3. The van der Waals surface area contributed by atoms with Crippen molar-refractivity contribution in [2.24, 2.45) is 0 Å². The standard InChI is InChI=1S/C11H16N4O/c16-11(9-2-1-3-12-9)15-7-6-14-5-4-13-10(14)8-15/h4-5,9,12H,1-3,6-8H2/t9-/m1/s1. The van der Waals surface area contributed by atoms with E-state index in [2.05, 4.69) is 14.9 Å². The van der Waals surface area contributed by atoms with E-state index in [0.717, 1.165) is 38.3 Å². The van der Waals surface area contributed by atoms with E-state index >= 15 is 0 Å². The summed E-state index contributed by atoms with van der Waals surface area (Å²) in [6.07, 6.45) is 5.87. The highest BCUT2D eigenvalue weighted by Gasteiger charge is 2.29. The lowest BCUT2D eigenvalue weighted by Gasteiger charge is -2.29. The van der Waals surface area contributed by atoms with Gasteiger partial charge in [0.25, 0.3) is 0 Å². The summed E-state index contributed by atoms with van der Waals surface area (Å²) in [6, 6.07) is 0.0431. The van der Waals surface area contributed by atoms with Gasteiger partial charge in [-0.25, -0.2) is 4.98 Å². The summed E-state index contributed by atoms with van der Waals surface area (Å²) in [7, 11) is 0. The second-order valence-electron chi connectivity index (χ2n) is 4.45. The Balaban J connectivity index is 1.71. The molecule has 5 heteroatoms. The minimum atomic E-state index is 0.0431. The number of carbonyl (C=O) groups is 1. The van der Waals surface area contributed by atoms with Gasteiger partial charge in [0.2, 0.25) is 5.91 Å². The van der Waals surface area contributed by atoms with Crippen LogP contribution in [0.25, 0.3) is 0 Å². The first-order chi connectivity index (χ1) is 7.84. The van der Waals surface area contributed by atoms with Crippen LogP contribution in [-0.2, 0) is 17.9 Å². The molecule has 3 rings (SSSR count). The average molecular weight is 220 g/mol. The zero-order valence-electron chi connectivity index (χ0n) is 9.22. The maximum atomic E-state index is 12.2. The molecule has 2 aliphatic heterocycles. The van der Waals surface area contributed by atoms with E-state index < -0.39 is 0 Å². The van der Waals surface area contributed by atoms with E-state index in [4.69, 9.17) is 0 Å². The van der Waals surface area contributed by atoms with Crippen molar-refractivity contribution in [1.82, 2.24) is 19.8 Å². The largest absolute Gasteiger partial charge is 0.332 e. The fraction of sp³-hybridized carbons (Fsp3) is 0.636. The van der Waals surface area contributed by atoms with Gasteiger partial charge in [0, 0.05) is 25.5 Å². The van der Waals surface area contributed by atoms with Crippen LogP contribution in [0.3, 0.4) is 0 Å². The van der Waals surface area contributed by atoms with Crippen LogP contribution in [0.1, 0.15) is 18.7 Å². The van der Waals surface area contributed by atoms with Crippen LogP contribution < -0.4 is 5.32 Å². The number of rotatable bonds is 1. The van der Waals surface area contributed by atoms with Crippen LogP contribution in [0.15, 0.2) is 12.4 Å². The number of carbonyl (C=O) groups excluding carboxylic acids is 1. The van der Waals surface area contributed by atoms with Gasteiger partial charge >= 0.3 is 0 Å². The molecule has 3 heterocycles. The Morgan fingerprint density at radius 3 is 3.25 bits per heavy atom. The van der Waals surface area contributed by atoms with Crippen molar-refractivity contribution >= 4 is 5.91 Å². The Morgan fingerprint density at radius 2 is 2.44 bits per heavy atom. The van der Waals surface area contributed by atoms with E-state index in [0.29, 0.717) is 6.54 Å². The molecule has 0 aliphatic carbocycles. The molecule has 0 spiro atoms. The van der Waals surface area contributed by atoms with Gasteiger partial charge in [-0.2, -0.15) is 0 Å². The summed E-state index contributed by atoms with van der Waals surface area (Å²) in [5.41, 5.74) is 0. The van der Waals surface area contributed by atoms with Crippen LogP contribution in [-0.4, -0.2) is 39.5 Å². The van der Waals surface area contributed by atoms with Crippen LogP contribution in [0.5, 0.6) is 0 Å². The molecule has 1 N–H and O–H groups in total. The van der Waals surface area contributed by atoms with Crippen LogP contribution in [0.4, 0.5) is 0 Å². The smallest absolute Gasteiger partial charge is 0.240 e. The molecular weight excluding hydrogens is 204 g/mol. The van der Waals surface area contributed by atoms with E-state index in [1.807, 2.05) is 11.1 Å². The summed E-state index contributed by atoms with van der Waals surface area (Å²) >= 11 is 0. The molecule has 0 aromatic carbocycles. The number of fused-ring (bicyclic) bond motifs is 1. The molecular formula is C11H16N4O. The molecule has 1 aromatic rings. The summed E-state index contributed by atoms with van der Waals surface area (Å²) in [6.45, 7) is 3.30. The number of amides is 1. The molecule has 16 heavy (non-hydrogen) atoms. The molecule has 0 radical (unpaired) electrons. The fourth-order valence-corrected chi connectivity index (χ4v) is 2.48. The van der Waals surface area contributed by atoms with Gasteiger partial charge in [0.1, 0.15) is 5.82 Å². The molecule has 1 saturated heterocycles. The Morgan fingerprint density at radius 1 is 1.50 bits per heavy atom. The molecule has 5 nitrogen and oxygen atoms in total. The van der Waals surface area contributed by atoms with Crippen molar-refractivity contribution < 1.29 is 4.79 Å². The van der Waals surface area contributed by atoms with Crippen molar-refractivity contribution in [3.8, 4) is 0 Å². The average Bonchev–Trinajstić information content (AvgIpc) is 2.98. The van der Waals surface area contributed by atoms with E-state index in [1.54, 1.807) is 6.20 Å². The molecule has 1 amide bonds. The fourth-order valence-electron chi connectivity index (χ4n) is 2.48. The van der Waals surface area contributed by atoms with E-state index in [1.165, 1.54) is 0 Å².